The summed E-state index contributed by atoms with van der Waals surface area (Å²) in [5, 5.41) is 3.01. The molecule has 0 aliphatic carbocycles. The first-order valence-electron chi connectivity index (χ1n) is 8.56. The van der Waals surface area contributed by atoms with E-state index in [-0.39, 0.29) is 28.5 Å². The number of nitrogens with zero attached hydrogens (tertiary/aromatic N) is 1. The highest BCUT2D eigenvalue weighted by atomic mass is 35.5. The largest absolute Gasteiger partial charge is 0.482 e. The van der Waals surface area contributed by atoms with Crippen molar-refractivity contribution in [1.29, 1.82) is 0 Å². The summed E-state index contributed by atoms with van der Waals surface area (Å²) in [6.07, 6.45) is 3.64. The molecular weight excluding hydrogens is 364 g/mol. The molecule has 1 saturated heterocycles. The maximum atomic E-state index is 12.5. The van der Waals surface area contributed by atoms with Crippen molar-refractivity contribution in [1.82, 2.24) is 9.62 Å². The Bertz CT molecular complexity index is 703. The summed E-state index contributed by atoms with van der Waals surface area (Å²) >= 11 is 6.14. The summed E-state index contributed by atoms with van der Waals surface area (Å²) in [7, 11) is -3.52. The summed E-state index contributed by atoms with van der Waals surface area (Å²) in [6.45, 7) is 4.90. The quantitative estimate of drug-likeness (QED) is 0.742. The molecule has 0 bridgehead atoms. The Morgan fingerprint density at radius 2 is 2.04 bits per heavy atom. The molecule has 1 aliphatic rings. The van der Waals surface area contributed by atoms with Crippen molar-refractivity contribution in [2.45, 2.75) is 50.5 Å². The van der Waals surface area contributed by atoms with Gasteiger partial charge in [-0.2, -0.15) is 4.31 Å². The molecule has 1 heterocycles. The van der Waals surface area contributed by atoms with Crippen molar-refractivity contribution >= 4 is 27.5 Å². The smallest absolute Gasteiger partial charge is 0.258 e. The van der Waals surface area contributed by atoms with E-state index in [0.717, 1.165) is 25.7 Å². The molecule has 0 saturated carbocycles. The lowest BCUT2D eigenvalue weighted by Gasteiger charge is -2.17. The van der Waals surface area contributed by atoms with Gasteiger partial charge in [0, 0.05) is 19.1 Å². The molecule has 1 fully saturated rings. The fourth-order valence-electron chi connectivity index (χ4n) is 2.80. The van der Waals surface area contributed by atoms with Gasteiger partial charge in [0.05, 0.1) is 9.92 Å². The van der Waals surface area contributed by atoms with Crippen molar-refractivity contribution in [3.8, 4) is 5.75 Å². The minimum Gasteiger partial charge on any atom is -0.482 e. The molecule has 1 N–H and O–H groups in total. The van der Waals surface area contributed by atoms with Crippen LogP contribution in [0.15, 0.2) is 23.1 Å². The molecule has 0 radical (unpaired) electrons. The topological polar surface area (TPSA) is 75.7 Å². The van der Waals surface area contributed by atoms with Gasteiger partial charge in [-0.15, -0.1) is 0 Å². The molecule has 25 heavy (non-hydrogen) atoms. The van der Waals surface area contributed by atoms with Crippen LogP contribution in [-0.2, 0) is 14.8 Å². The molecule has 0 spiro atoms. The first-order chi connectivity index (χ1) is 11.8. The zero-order chi connectivity index (χ0) is 18.4. The van der Waals surface area contributed by atoms with E-state index < -0.39 is 10.0 Å². The van der Waals surface area contributed by atoms with E-state index in [2.05, 4.69) is 12.2 Å². The molecule has 2 rings (SSSR count). The van der Waals surface area contributed by atoms with Gasteiger partial charge in [0.15, 0.2) is 6.61 Å². The lowest BCUT2D eigenvalue weighted by Crippen LogP contribution is -2.36. The highest BCUT2D eigenvalue weighted by Crippen LogP contribution is 2.29. The number of ether oxygens (including phenoxy) is 1. The number of hydrogen-bond acceptors (Lipinski definition) is 4. The highest BCUT2D eigenvalue weighted by Gasteiger charge is 2.27. The van der Waals surface area contributed by atoms with E-state index in [1.165, 1.54) is 22.5 Å². The molecule has 6 nitrogen and oxygen atoms in total. The molecule has 1 aromatic carbocycles. The Kier molecular flexibility index (Phi) is 7.10. The van der Waals surface area contributed by atoms with Crippen molar-refractivity contribution in [3.05, 3.63) is 23.2 Å². The number of sulfonamides is 1. The van der Waals surface area contributed by atoms with Gasteiger partial charge in [0.1, 0.15) is 5.75 Å². The lowest BCUT2D eigenvalue weighted by atomic mass is 10.2. The number of amides is 1. The van der Waals surface area contributed by atoms with Crippen LogP contribution in [0.3, 0.4) is 0 Å². The number of nitrogens with one attached hydrogen (secondary N) is 1. The van der Waals surface area contributed by atoms with Crippen LogP contribution >= 0.6 is 11.6 Å². The van der Waals surface area contributed by atoms with E-state index in [1.54, 1.807) is 0 Å². The molecule has 0 aromatic heterocycles. The van der Waals surface area contributed by atoms with Crippen molar-refractivity contribution in [3.63, 3.8) is 0 Å². The second-order valence-electron chi connectivity index (χ2n) is 6.25. The Balaban J connectivity index is 1.99. The first kappa shape index (κ1) is 20.0. The van der Waals surface area contributed by atoms with Gasteiger partial charge in [-0.3, -0.25) is 4.79 Å². The van der Waals surface area contributed by atoms with Crippen LogP contribution in [0.1, 0.15) is 39.5 Å². The molecular formula is C17H25ClN2O4S. The second-order valence-corrected chi connectivity index (χ2v) is 8.59. The monoisotopic (exact) mass is 388 g/mol. The summed E-state index contributed by atoms with van der Waals surface area (Å²) in [4.78, 5) is 12.0. The maximum absolute atomic E-state index is 12.5. The van der Waals surface area contributed by atoms with Gasteiger partial charge in [-0.25, -0.2) is 8.42 Å². The third-order valence-electron chi connectivity index (χ3n) is 4.09. The third kappa shape index (κ3) is 5.33. The van der Waals surface area contributed by atoms with Crippen LogP contribution in [0.25, 0.3) is 0 Å². The predicted molar refractivity (Wildman–Crippen MR) is 97.5 cm³/mol. The normalized spacial score (nSPS) is 16.6. The Labute approximate surface area is 154 Å². The molecule has 0 unspecified atom stereocenters. The summed E-state index contributed by atoms with van der Waals surface area (Å²) in [5.41, 5.74) is 0. The number of carbonyl (C=O) groups is 1. The van der Waals surface area contributed by atoms with Crippen LogP contribution < -0.4 is 10.1 Å². The summed E-state index contributed by atoms with van der Waals surface area (Å²) in [6, 6.07) is 4.42. The van der Waals surface area contributed by atoms with Gasteiger partial charge in [0.25, 0.3) is 5.91 Å². The van der Waals surface area contributed by atoms with Crippen LogP contribution in [0, 0.1) is 0 Å². The number of hydrogen-bond donors (Lipinski definition) is 1. The average molecular weight is 389 g/mol. The molecule has 140 valence electrons. The molecule has 1 aliphatic heterocycles. The van der Waals surface area contributed by atoms with Crippen molar-refractivity contribution < 1.29 is 17.9 Å². The van der Waals surface area contributed by atoms with Crippen LogP contribution in [0.4, 0.5) is 0 Å². The fourth-order valence-corrected chi connectivity index (χ4v) is 4.65. The van der Waals surface area contributed by atoms with Gasteiger partial charge in [-0.05, 0) is 44.4 Å². The van der Waals surface area contributed by atoms with Crippen molar-refractivity contribution in [2.24, 2.45) is 0 Å². The van der Waals surface area contributed by atoms with E-state index in [0.29, 0.717) is 18.8 Å². The molecule has 1 aromatic rings. The van der Waals surface area contributed by atoms with E-state index in [1.807, 2.05) is 6.92 Å². The van der Waals surface area contributed by atoms with Gasteiger partial charge < -0.3 is 10.1 Å². The van der Waals surface area contributed by atoms with Gasteiger partial charge in [0.2, 0.25) is 10.0 Å². The van der Waals surface area contributed by atoms with Crippen LogP contribution in [0.5, 0.6) is 5.75 Å². The minimum atomic E-state index is -3.52. The van der Waals surface area contributed by atoms with Gasteiger partial charge >= 0.3 is 0 Å². The number of benzene rings is 1. The molecule has 8 heteroatoms. The molecule has 1 amide bonds. The fraction of sp³-hybridized carbons (Fsp3) is 0.588. The molecule has 1 atom stereocenters. The first-order valence-corrected chi connectivity index (χ1v) is 10.4. The Morgan fingerprint density at radius 1 is 1.36 bits per heavy atom. The van der Waals surface area contributed by atoms with Crippen LogP contribution in [0.2, 0.25) is 5.02 Å². The third-order valence-corrected chi connectivity index (χ3v) is 6.28. The maximum Gasteiger partial charge on any atom is 0.258 e. The zero-order valence-corrected chi connectivity index (χ0v) is 16.2. The number of halogens is 1. The standard InChI is InChI=1S/C17H25ClN2O4S/c1-3-6-13(2)19-17(21)12-24-16-8-7-14(11-15(16)18)25(22,23)20-9-4-5-10-20/h7-8,11,13H,3-6,9-10,12H2,1-2H3,(H,19,21)/t13-/m0/s1. The van der Waals surface area contributed by atoms with Crippen molar-refractivity contribution in [2.75, 3.05) is 19.7 Å². The van der Waals surface area contributed by atoms with E-state index in [9.17, 15) is 13.2 Å². The number of rotatable bonds is 8. The van der Waals surface area contributed by atoms with Crippen LogP contribution in [-0.4, -0.2) is 44.4 Å². The lowest BCUT2D eigenvalue weighted by molar-refractivity contribution is -0.123. The van der Waals surface area contributed by atoms with E-state index in [4.69, 9.17) is 16.3 Å². The SMILES string of the molecule is CCC[C@H](C)NC(=O)COc1ccc(S(=O)(=O)N2CCCC2)cc1Cl. The predicted octanol–water partition coefficient (Wildman–Crippen LogP) is 2.81. The van der Waals surface area contributed by atoms with Gasteiger partial charge in [-0.1, -0.05) is 24.9 Å². The minimum absolute atomic E-state index is 0.0875. The Morgan fingerprint density at radius 3 is 2.64 bits per heavy atom. The van der Waals surface area contributed by atoms with E-state index >= 15 is 0 Å². The zero-order valence-electron chi connectivity index (χ0n) is 14.6. The number of carbonyl (C=O) groups excluding carboxylic acids is 1. The Hall–Kier alpha value is -1.31. The summed E-state index contributed by atoms with van der Waals surface area (Å²) < 4.78 is 31.9. The summed E-state index contributed by atoms with van der Waals surface area (Å²) in [5.74, 6) is 0.0612. The second kappa shape index (κ2) is 8.87. The highest BCUT2D eigenvalue weighted by molar-refractivity contribution is 7.89. The average Bonchev–Trinajstić information content (AvgIpc) is 3.09.